The van der Waals surface area contributed by atoms with Gasteiger partial charge in [0.05, 0.1) is 9.93 Å². The highest BCUT2D eigenvalue weighted by molar-refractivity contribution is 8.26. The van der Waals surface area contributed by atoms with E-state index in [0.717, 1.165) is 11.8 Å². The fourth-order valence-electron chi connectivity index (χ4n) is 2.73. The first-order valence-corrected chi connectivity index (χ1v) is 11.7. The predicted octanol–water partition coefficient (Wildman–Crippen LogP) is 5.66. The van der Waals surface area contributed by atoms with E-state index in [1.807, 2.05) is 6.26 Å². The number of amides is 1. The molecule has 1 aliphatic rings. The van der Waals surface area contributed by atoms with Gasteiger partial charge in [0.15, 0.2) is 0 Å². The normalized spacial score (nSPS) is 16.7. The highest BCUT2D eigenvalue weighted by atomic mass is 35.5. The number of rotatable bonds is 7. The van der Waals surface area contributed by atoms with Crippen molar-refractivity contribution in [2.45, 2.75) is 12.5 Å². The summed E-state index contributed by atoms with van der Waals surface area (Å²) in [6, 6.07) is 7.52. The molecule has 2 aromatic rings. The molecule has 1 amide bonds. The van der Waals surface area contributed by atoms with E-state index in [2.05, 4.69) is 0 Å². The summed E-state index contributed by atoms with van der Waals surface area (Å²) in [6.07, 6.45) is 3.75. The molecule has 0 spiro atoms. The van der Waals surface area contributed by atoms with E-state index in [1.165, 1.54) is 16.7 Å². The van der Waals surface area contributed by atoms with Gasteiger partial charge >= 0.3 is 5.97 Å². The summed E-state index contributed by atoms with van der Waals surface area (Å²) >= 11 is 20.0. The molecule has 2 heterocycles. The Kier molecular flexibility index (Phi) is 7.34. The third kappa shape index (κ3) is 5.00. The molecule has 1 atom stereocenters. The van der Waals surface area contributed by atoms with Gasteiger partial charge in [0.2, 0.25) is 0 Å². The van der Waals surface area contributed by atoms with Crippen LogP contribution in [0, 0.1) is 0 Å². The molecule has 29 heavy (non-hydrogen) atoms. The number of carboxylic acids is 1. The zero-order valence-corrected chi connectivity index (χ0v) is 19.0. The lowest BCUT2D eigenvalue weighted by atomic mass is 10.2. The molecule has 1 aromatic carbocycles. The quantitative estimate of drug-likeness (QED) is 0.398. The van der Waals surface area contributed by atoms with Crippen molar-refractivity contribution < 1.29 is 19.1 Å². The number of nitrogens with zero attached hydrogens (tertiary/aromatic N) is 1. The third-order valence-electron chi connectivity index (χ3n) is 4.11. The van der Waals surface area contributed by atoms with Crippen LogP contribution in [0.25, 0.3) is 17.4 Å². The van der Waals surface area contributed by atoms with E-state index >= 15 is 0 Å². The van der Waals surface area contributed by atoms with Gasteiger partial charge in [-0.15, -0.1) is 0 Å². The first-order chi connectivity index (χ1) is 13.8. The molecule has 10 heteroatoms. The Bertz CT molecular complexity index is 1010. The predicted molar refractivity (Wildman–Crippen MR) is 124 cm³/mol. The van der Waals surface area contributed by atoms with Gasteiger partial charge in [0.25, 0.3) is 5.91 Å². The highest BCUT2D eigenvalue weighted by Gasteiger charge is 2.40. The van der Waals surface area contributed by atoms with Crippen LogP contribution in [0.1, 0.15) is 12.2 Å². The fraction of sp³-hybridized carbons (Fsp3) is 0.211. The van der Waals surface area contributed by atoms with Gasteiger partial charge in [-0.25, -0.2) is 4.79 Å². The summed E-state index contributed by atoms with van der Waals surface area (Å²) in [5, 5.41) is 10.5. The molecule has 1 saturated heterocycles. The Labute approximate surface area is 191 Å². The minimum atomic E-state index is -1.07. The summed E-state index contributed by atoms with van der Waals surface area (Å²) in [5.74, 6) is 0.0562. The van der Waals surface area contributed by atoms with E-state index in [0.29, 0.717) is 44.2 Å². The molecule has 0 saturated carbocycles. The van der Waals surface area contributed by atoms with E-state index in [-0.39, 0.29) is 4.32 Å². The topological polar surface area (TPSA) is 70.8 Å². The Balaban J connectivity index is 1.84. The molecular formula is C19H15Cl2NO4S3. The number of halogens is 2. The maximum absolute atomic E-state index is 12.8. The van der Waals surface area contributed by atoms with Crippen LogP contribution in [-0.2, 0) is 9.59 Å². The molecule has 3 rings (SSSR count). The molecule has 0 radical (unpaired) electrons. The first-order valence-electron chi connectivity index (χ1n) is 8.36. The molecule has 1 unspecified atom stereocenters. The van der Waals surface area contributed by atoms with Crippen LogP contribution in [0.4, 0.5) is 0 Å². The van der Waals surface area contributed by atoms with Gasteiger partial charge in [-0.1, -0.05) is 47.2 Å². The third-order valence-corrected chi connectivity index (χ3v) is 6.63. The van der Waals surface area contributed by atoms with Crippen molar-refractivity contribution in [2.75, 3.05) is 12.0 Å². The number of furan rings is 1. The molecule has 152 valence electrons. The van der Waals surface area contributed by atoms with Crippen LogP contribution in [0.5, 0.6) is 0 Å². The van der Waals surface area contributed by atoms with Crippen LogP contribution in [0.15, 0.2) is 39.7 Å². The van der Waals surface area contributed by atoms with Crippen molar-refractivity contribution in [1.82, 2.24) is 4.90 Å². The average molecular weight is 488 g/mol. The second kappa shape index (κ2) is 9.57. The van der Waals surface area contributed by atoms with E-state index < -0.39 is 17.9 Å². The molecule has 0 bridgehead atoms. The van der Waals surface area contributed by atoms with Crippen molar-refractivity contribution in [2.24, 2.45) is 0 Å². The monoisotopic (exact) mass is 487 g/mol. The maximum Gasteiger partial charge on any atom is 0.326 e. The SMILES string of the molecule is CSCCC(C(=O)O)N1C(=O)C(=Cc2ccc(-c3ccc(Cl)cc3Cl)o2)SC1=S. The van der Waals surface area contributed by atoms with Gasteiger partial charge in [-0.2, -0.15) is 11.8 Å². The summed E-state index contributed by atoms with van der Waals surface area (Å²) in [5.41, 5.74) is 0.672. The number of carbonyl (C=O) groups excluding carboxylic acids is 1. The summed E-state index contributed by atoms with van der Waals surface area (Å²) in [7, 11) is 0. The second-order valence-electron chi connectivity index (χ2n) is 6.01. The van der Waals surface area contributed by atoms with Gasteiger partial charge < -0.3 is 9.52 Å². The molecule has 1 aromatic heterocycles. The molecule has 1 fully saturated rings. The smallest absolute Gasteiger partial charge is 0.326 e. The summed E-state index contributed by atoms with van der Waals surface area (Å²) < 4.78 is 6.02. The van der Waals surface area contributed by atoms with Gasteiger partial charge in [0.1, 0.15) is 21.9 Å². The first kappa shape index (κ1) is 22.2. The summed E-state index contributed by atoms with van der Waals surface area (Å²) in [6.45, 7) is 0. The molecular weight excluding hydrogens is 473 g/mol. The fourth-order valence-corrected chi connectivity index (χ4v) is 5.03. The number of hydrogen-bond acceptors (Lipinski definition) is 6. The lowest BCUT2D eigenvalue weighted by molar-refractivity contribution is -0.145. The van der Waals surface area contributed by atoms with Crippen LogP contribution in [0.3, 0.4) is 0 Å². The zero-order chi connectivity index (χ0) is 21.1. The highest BCUT2D eigenvalue weighted by Crippen LogP contribution is 2.36. The number of aliphatic carboxylic acids is 1. The van der Waals surface area contributed by atoms with Gasteiger partial charge in [-0.3, -0.25) is 9.69 Å². The number of carboxylic acid groups (broad SMARTS) is 1. The zero-order valence-electron chi connectivity index (χ0n) is 15.1. The van der Waals surface area contributed by atoms with Gasteiger partial charge in [-0.05, 0) is 48.8 Å². The Morgan fingerprint density at radius 2 is 2.14 bits per heavy atom. The minimum absolute atomic E-state index is 0.224. The molecule has 1 aliphatic heterocycles. The lowest BCUT2D eigenvalue weighted by Gasteiger charge is -2.22. The van der Waals surface area contributed by atoms with Crippen molar-refractivity contribution >= 4 is 81.2 Å². The van der Waals surface area contributed by atoms with Crippen LogP contribution in [0.2, 0.25) is 10.0 Å². The van der Waals surface area contributed by atoms with Crippen molar-refractivity contribution in [3.8, 4) is 11.3 Å². The van der Waals surface area contributed by atoms with Gasteiger partial charge in [0, 0.05) is 16.7 Å². The largest absolute Gasteiger partial charge is 0.480 e. The van der Waals surface area contributed by atoms with E-state index in [9.17, 15) is 14.7 Å². The van der Waals surface area contributed by atoms with Crippen LogP contribution >= 0.6 is 58.9 Å². The Hall–Kier alpha value is -1.45. The van der Waals surface area contributed by atoms with Crippen LogP contribution < -0.4 is 0 Å². The number of thioether (sulfide) groups is 2. The second-order valence-corrected chi connectivity index (χ2v) is 9.52. The Morgan fingerprint density at radius 3 is 2.79 bits per heavy atom. The maximum atomic E-state index is 12.8. The average Bonchev–Trinajstić information content (AvgIpc) is 3.21. The minimum Gasteiger partial charge on any atom is -0.480 e. The van der Waals surface area contributed by atoms with Crippen molar-refractivity contribution in [1.29, 1.82) is 0 Å². The van der Waals surface area contributed by atoms with Crippen LogP contribution in [-0.4, -0.2) is 44.3 Å². The number of benzene rings is 1. The standard InChI is InChI=1S/C19H15Cl2NO4S3/c1-28-7-6-14(18(24)25)22-17(23)16(29-19(22)27)9-11-3-5-15(26-11)12-4-2-10(20)8-13(12)21/h2-5,8-9,14H,6-7H2,1H3,(H,24,25). The molecule has 5 nitrogen and oxygen atoms in total. The van der Waals surface area contributed by atoms with Crippen molar-refractivity contribution in [3.63, 3.8) is 0 Å². The van der Waals surface area contributed by atoms with Crippen molar-refractivity contribution in [3.05, 3.63) is 51.0 Å². The number of carbonyl (C=O) groups is 2. The van der Waals surface area contributed by atoms with E-state index in [4.69, 9.17) is 39.8 Å². The molecule has 0 aliphatic carbocycles. The van der Waals surface area contributed by atoms with E-state index in [1.54, 1.807) is 36.4 Å². The number of hydrogen-bond donors (Lipinski definition) is 1. The summed E-state index contributed by atoms with van der Waals surface area (Å²) in [4.78, 5) is 25.9. The lowest BCUT2D eigenvalue weighted by Crippen LogP contribution is -2.44. The number of thiocarbonyl (C=S) groups is 1. The molecule has 1 N–H and O–H groups in total. The Morgan fingerprint density at radius 1 is 1.38 bits per heavy atom.